The van der Waals surface area contributed by atoms with Crippen LogP contribution in [0.3, 0.4) is 0 Å². The normalized spacial score (nSPS) is 11.0. The molecule has 0 spiro atoms. The monoisotopic (exact) mass is 402 g/mol. The van der Waals surface area contributed by atoms with E-state index in [-0.39, 0.29) is 0 Å². The van der Waals surface area contributed by atoms with Crippen molar-refractivity contribution in [2.45, 2.75) is 26.5 Å². The summed E-state index contributed by atoms with van der Waals surface area (Å²) in [5.74, 6) is 2.50. The summed E-state index contributed by atoms with van der Waals surface area (Å²) in [4.78, 5) is 4.31. The lowest BCUT2D eigenvalue weighted by Crippen LogP contribution is -2.17. The van der Waals surface area contributed by atoms with E-state index in [1.165, 1.54) is 0 Å². The van der Waals surface area contributed by atoms with Crippen molar-refractivity contribution in [3.63, 3.8) is 0 Å². The zero-order valence-electron chi connectivity index (χ0n) is 17.1. The molecule has 154 valence electrons. The molecule has 2 aromatic heterocycles. The molecule has 1 N–H and O–H groups in total. The Bertz CT molecular complexity index is 1060. The maximum Gasteiger partial charge on any atom is 0.146 e. The number of hydrogen-bond donors (Lipinski definition) is 1. The van der Waals surface area contributed by atoms with Crippen LogP contribution in [0.2, 0.25) is 0 Å². The average molecular weight is 402 g/mol. The van der Waals surface area contributed by atoms with Crippen molar-refractivity contribution >= 4 is 11.0 Å². The first-order chi connectivity index (χ1) is 14.8. The van der Waals surface area contributed by atoms with Crippen LogP contribution in [-0.4, -0.2) is 18.1 Å². The molecule has 2 aromatic carbocycles. The van der Waals surface area contributed by atoms with Crippen LogP contribution >= 0.6 is 0 Å². The highest BCUT2D eigenvalue weighted by Gasteiger charge is 2.15. The summed E-state index contributed by atoms with van der Waals surface area (Å²) in [6.45, 7) is 4.71. The Hall–Kier alpha value is -3.31. The van der Waals surface area contributed by atoms with Gasteiger partial charge in [-0.3, -0.25) is 4.98 Å². The molecule has 4 aromatic rings. The van der Waals surface area contributed by atoms with Crippen molar-refractivity contribution in [2.24, 2.45) is 0 Å². The molecule has 0 fully saturated rings. The third-order valence-electron chi connectivity index (χ3n) is 4.92. The molecule has 0 radical (unpaired) electrons. The van der Waals surface area contributed by atoms with E-state index >= 15 is 0 Å². The second kappa shape index (κ2) is 9.94. The summed E-state index contributed by atoms with van der Waals surface area (Å²) in [7, 11) is 0. The summed E-state index contributed by atoms with van der Waals surface area (Å²) < 4.78 is 18.0. The van der Waals surface area contributed by atoms with Crippen LogP contribution in [0.1, 0.15) is 23.4 Å². The van der Waals surface area contributed by atoms with Crippen LogP contribution in [0.15, 0.2) is 77.3 Å². The van der Waals surface area contributed by atoms with Gasteiger partial charge in [-0.2, -0.15) is 0 Å². The van der Waals surface area contributed by atoms with Crippen LogP contribution in [-0.2, 0) is 13.2 Å². The molecule has 0 amide bonds. The molecule has 4 rings (SSSR count). The van der Waals surface area contributed by atoms with E-state index in [1.54, 1.807) is 0 Å². The quantitative estimate of drug-likeness (QED) is 0.366. The fourth-order valence-corrected chi connectivity index (χ4v) is 3.34. The van der Waals surface area contributed by atoms with Crippen molar-refractivity contribution in [2.75, 3.05) is 13.2 Å². The highest BCUT2D eigenvalue weighted by molar-refractivity contribution is 5.88. The second-order valence-electron chi connectivity index (χ2n) is 7.08. The van der Waals surface area contributed by atoms with Gasteiger partial charge in [0.05, 0.1) is 17.7 Å². The number of pyridine rings is 1. The average Bonchev–Trinajstić information content (AvgIpc) is 3.12. The number of nitrogens with one attached hydrogen (secondary N) is 1. The van der Waals surface area contributed by atoms with Gasteiger partial charge in [0.25, 0.3) is 0 Å². The Balaban J connectivity index is 1.32. The standard InChI is InChI=1S/C25H26N2O3/c1-19-24(18-29-21-10-3-2-4-11-21)30-23-13-7-12-22(25(19)23)28-16-8-14-26-17-20-9-5-6-15-27-20/h2-7,9-13,15,26H,8,14,16-18H2,1H3. The molecule has 0 bridgehead atoms. The van der Waals surface area contributed by atoms with E-state index in [4.69, 9.17) is 13.9 Å². The molecule has 0 saturated heterocycles. The molecule has 5 heteroatoms. The largest absolute Gasteiger partial charge is 0.493 e. The summed E-state index contributed by atoms with van der Waals surface area (Å²) in [6, 6.07) is 21.6. The van der Waals surface area contributed by atoms with Crippen LogP contribution in [0.25, 0.3) is 11.0 Å². The van der Waals surface area contributed by atoms with Gasteiger partial charge in [-0.15, -0.1) is 0 Å². The number of aryl methyl sites for hydroxylation is 1. The molecular formula is C25H26N2O3. The maximum absolute atomic E-state index is 6.07. The van der Waals surface area contributed by atoms with Gasteiger partial charge in [-0.05, 0) is 56.3 Å². The molecule has 0 aliphatic heterocycles. The maximum atomic E-state index is 6.07. The molecule has 2 heterocycles. The number of rotatable bonds is 10. The summed E-state index contributed by atoms with van der Waals surface area (Å²) in [5.41, 5.74) is 2.93. The van der Waals surface area contributed by atoms with Gasteiger partial charge in [0, 0.05) is 18.3 Å². The predicted octanol–water partition coefficient (Wildman–Crippen LogP) is 5.27. The number of furan rings is 1. The fourth-order valence-electron chi connectivity index (χ4n) is 3.34. The van der Waals surface area contributed by atoms with Gasteiger partial charge < -0.3 is 19.2 Å². The Kier molecular flexibility index (Phi) is 6.62. The van der Waals surface area contributed by atoms with Gasteiger partial charge in [0.2, 0.25) is 0 Å². The van der Waals surface area contributed by atoms with Crippen LogP contribution < -0.4 is 14.8 Å². The Labute approximate surface area is 176 Å². The molecular weight excluding hydrogens is 376 g/mol. The molecule has 0 aliphatic carbocycles. The van der Waals surface area contributed by atoms with E-state index in [9.17, 15) is 0 Å². The summed E-state index contributed by atoms with van der Waals surface area (Å²) >= 11 is 0. The number of ether oxygens (including phenoxy) is 2. The van der Waals surface area contributed by atoms with E-state index in [0.717, 1.165) is 59.0 Å². The van der Waals surface area contributed by atoms with Crippen molar-refractivity contribution in [3.8, 4) is 11.5 Å². The SMILES string of the molecule is Cc1c(COc2ccccc2)oc2cccc(OCCCNCc3ccccn3)c12. The number of para-hydroxylation sites is 1. The topological polar surface area (TPSA) is 56.5 Å². The van der Waals surface area contributed by atoms with Gasteiger partial charge in [0.1, 0.15) is 29.4 Å². The van der Waals surface area contributed by atoms with E-state index in [2.05, 4.69) is 17.2 Å². The number of nitrogens with zero attached hydrogens (tertiary/aromatic N) is 1. The Morgan fingerprint density at radius 3 is 2.63 bits per heavy atom. The predicted molar refractivity (Wildman–Crippen MR) is 118 cm³/mol. The lowest BCUT2D eigenvalue weighted by atomic mass is 10.1. The summed E-state index contributed by atoms with van der Waals surface area (Å²) in [5, 5.41) is 4.41. The van der Waals surface area contributed by atoms with Crippen LogP contribution in [0.4, 0.5) is 0 Å². The molecule has 30 heavy (non-hydrogen) atoms. The van der Waals surface area contributed by atoms with Gasteiger partial charge >= 0.3 is 0 Å². The smallest absolute Gasteiger partial charge is 0.146 e. The first kappa shape index (κ1) is 20.0. The third-order valence-corrected chi connectivity index (χ3v) is 4.92. The second-order valence-corrected chi connectivity index (χ2v) is 7.08. The number of benzene rings is 2. The summed E-state index contributed by atoms with van der Waals surface area (Å²) in [6.07, 6.45) is 2.72. The van der Waals surface area contributed by atoms with Gasteiger partial charge in [-0.25, -0.2) is 0 Å². The van der Waals surface area contributed by atoms with Crippen molar-refractivity contribution < 1.29 is 13.9 Å². The minimum atomic E-state index is 0.390. The molecule has 5 nitrogen and oxygen atoms in total. The van der Waals surface area contributed by atoms with E-state index in [1.807, 2.05) is 72.9 Å². The highest BCUT2D eigenvalue weighted by atomic mass is 16.5. The first-order valence-electron chi connectivity index (χ1n) is 10.2. The van der Waals surface area contributed by atoms with E-state index in [0.29, 0.717) is 13.2 Å². The third kappa shape index (κ3) is 4.99. The van der Waals surface area contributed by atoms with Gasteiger partial charge in [0.15, 0.2) is 0 Å². The lowest BCUT2D eigenvalue weighted by Gasteiger charge is -2.08. The Morgan fingerprint density at radius 1 is 0.933 bits per heavy atom. The van der Waals surface area contributed by atoms with Crippen LogP contribution in [0.5, 0.6) is 11.5 Å². The minimum Gasteiger partial charge on any atom is -0.493 e. The zero-order chi connectivity index (χ0) is 20.6. The van der Waals surface area contributed by atoms with Crippen molar-refractivity contribution in [1.29, 1.82) is 0 Å². The first-order valence-corrected chi connectivity index (χ1v) is 10.2. The van der Waals surface area contributed by atoms with Crippen molar-refractivity contribution in [1.82, 2.24) is 10.3 Å². The lowest BCUT2D eigenvalue weighted by molar-refractivity contribution is 0.273. The molecule has 0 atom stereocenters. The molecule has 0 unspecified atom stereocenters. The minimum absolute atomic E-state index is 0.390. The highest BCUT2D eigenvalue weighted by Crippen LogP contribution is 2.33. The number of fused-ring (bicyclic) bond motifs is 1. The number of aromatic nitrogens is 1. The Morgan fingerprint density at radius 2 is 1.80 bits per heavy atom. The van der Waals surface area contributed by atoms with E-state index < -0.39 is 0 Å². The molecule has 0 saturated carbocycles. The zero-order valence-corrected chi connectivity index (χ0v) is 17.1. The fraction of sp³-hybridized carbons (Fsp3) is 0.240. The van der Waals surface area contributed by atoms with Gasteiger partial charge in [-0.1, -0.05) is 30.3 Å². The molecule has 0 aliphatic rings. The number of hydrogen-bond acceptors (Lipinski definition) is 5. The van der Waals surface area contributed by atoms with Crippen molar-refractivity contribution in [3.05, 3.63) is 89.9 Å². The van der Waals surface area contributed by atoms with Crippen LogP contribution in [0, 0.1) is 6.92 Å².